The van der Waals surface area contributed by atoms with E-state index in [9.17, 15) is 0 Å². The SMILES string of the molecule is CC(C)=C/C(Br)=N\N. The second-order valence-corrected chi connectivity index (χ2v) is 2.49. The standard InChI is InChI=1S/C5H9BrN2/c1-4(2)3-5(6)8-7/h3H,7H2,1-2H3/b8-5+. The Labute approximate surface area is 57.6 Å². The van der Waals surface area contributed by atoms with Crippen molar-refractivity contribution in [2.75, 3.05) is 0 Å². The fourth-order valence-electron chi connectivity index (χ4n) is 0.275. The first kappa shape index (κ1) is 7.69. The van der Waals surface area contributed by atoms with Crippen LogP contribution in [0.4, 0.5) is 0 Å². The van der Waals surface area contributed by atoms with Crippen LogP contribution in [-0.4, -0.2) is 4.62 Å². The molecule has 0 bridgehead atoms. The Hall–Kier alpha value is -0.310. The van der Waals surface area contributed by atoms with Gasteiger partial charge in [-0.1, -0.05) is 5.57 Å². The third-order valence-corrected chi connectivity index (χ3v) is 0.965. The highest BCUT2D eigenvalue weighted by Gasteiger charge is 1.82. The lowest BCUT2D eigenvalue weighted by molar-refractivity contribution is 1.26. The minimum atomic E-state index is 0.678. The number of nitrogens with two attached hydrogens (primary N) is 1. The molecule has 0 unspecified atom stereocenters. The smallest absolute Gasteiger partial charge is 0.125 e. The third-order valence-electron chi connectivity index (χ3n) is 0.531. The van der Waals surface area contributed by atoms with Gasteiger partial charge in [-0.25, -0.2) is 0 Å². The molecule has 0 aliphatic rings. The molecule has 0 saturated heterocycles. The van der Waals surface area contributed by atoms with Crippen LogP contribution < -0.4 is 5.84 Å². The predicted molar refractivity (Wildman–Crippen MR) is 40.0 cm³/mol. The van der Waals surface area contributed by atoms with Gasteiger partial charge in [0.15, 0.2) is 0 Å². The minimum Gasteiger partial charge on any atom is -0.322 e. The lowest BCUT2D eigenvalue weighted by Crippen LogP contribution is -1.87. The topological polar surface area (TPSA) is 38.4 Å². The zero-order valence-electron chi connectivity index (χ0n) is 4.98. The summed E-state index contributed by atoms with van der Waals surface area (Å²) in [5, 5.41) is 3.39. The van der Waals surface area contributed by atoms with E-state index in [1.54, 1.807) is 0 Å². The summed E-state index contributed by atoms with van der Waals surface area (Å²) in [5.74, 6) is 4.92. The normalized spacial score (nSPS) is 11.1. The molecule has 0 aromatic rings. The molecule has 0 amide bonds. The molecule has 0 atom stereocenters. The largest absolute Gasteiger partial charge is 0.322 e. The summed E-state index contributed by atoms with van der Waals surface area (Å²) in [7, 11) is 0. The van der Waals surface area contributed by atoms with E-state index in [1.165, 1.54) is 5.57 Å². The number of hydrazone groups is 1. The van der Waals surface area contributed by atoms with E-state index in [-0.39, 0.29) is 0 Å². The predicted octanol–water partition coefficient (Wildman–Crippen LogP) is 1.62. The number of hydrogen-bond donors (Lipinski definition) is 1. The van der Waals surface area contributed by atoms with E-state index in [0.29, 0.717) is 4.62 Å². The molecule has 3 heteroatoms. The van der Waals surface area contributed by atoms with Crippen LogP contribution in [0.5, 0.6) is 0 Å². The molecule has 0 aromatic carbocycles. The van der Waals surface area contributed by atoms with Crippen molar-refractivity contribution in [3.05, 3.63) is 11.6 Å². The van der Waals surface area contributed by atoms with Gasteiger partial charge in [-0.05, 0) is 35.9 Å². The van der Waals surface area contributed by atoms with Gasteiger partial charge in [0.05, 0.1) is 0 Å². The lowest BCUT2D eigenvalue weighted by atomic mass is 10.3. The number of nitrogens with zero attached hydrogens (tertiary/aromatic N) is 1. The number of hydrogen-bond acceptors (Lipinski definition) is 2. The van der Waals surface area contributed by atoms with Crippen molar-refractivity contribution in [1.29, 1.82) is 0 Å². The zero-order valence-corrected chi connectivity index (χ0v) is 6.57. The first-order valence-corrected chi connectivity index (χ1v) is 3.04. The molecule has 0 heterocycles. The Morgan fingerprint density at radius 3 is 2.25 bits per heavy atom. The average Bonchev–Trinajstić information content (AvgIpc) is 1.65. The van der Waals surface area contributed by atoms with Gasteiger partial charge in [0.25, 0.3) is 0 Å². The minimum absolute atomic E-state index is 0.678. The molecule has 0 spiro atoms. The molecule has 0 radical (unpaired) electrons. The van der Waals surface area contributed by atoms with Crippen molar-refractivity contribution in [2.24, 2.45) is 10.9 Å². The van der Waals surface area contributed by atoms with Crippen LogP contribution in [0.15, 0.2) is 16.8 Å². The van der Waals surface area contributed by atoms with Gasteiger partial charge < -0.3 is 5.84 Å². The maximum atomic E-state index is 4.92. The Bertz CT molecular complexity index is 122. The Kier molecular flexibility index (Phi) is 3.52. The van der Waals surface area contributed by atoms with E-state index in [2.05, 4.69) is 21.0 Å². The molecule has 0 saturated carbocycles. The number of rotatable bonds is 1. The Morgan fingerprint density at radius 2 is 2.12 bits per heavy atom. The summed E-state index contributed by atoms with van der Waals surface area (Å²) in [4.78, 5) is 0. The second kappa shape index (κ2) is 3.66. The quantitative estimate of drug-likeness (QED) is 0.369. The highest BCUT2D eigenvalue weighted by Crippen LogP contribution is 1.95. The fourth-order valence-corrected chi connectivity index (χ4v) is 0.733. The van der Waals surface area contributed by atoms with E-state index < -0.39 is 0 Å². The summed E-state index contributed by atoms with van der Waals surface area (Å²) < 4.78 is 0.678. The molecular formula is C5H9BrN2. The zero-order chi connectivity index (χ0) is 6.57. The van der Waals surface area contributed by atoms with Gasteiger partial charge in [0.1, 0.15) is 4.62 Å². The maximum absolute atomic E-state index is 4.92. The van der Waals surface area contributed by atoms with Crippen LogP contribution in [0.2, 0.25) is 0 Å². The van der Waals surface area contributed by atoms with Crippen LogP contribution in [0.3, 0.4) is 0 Å². The Balaban J connectivity index is 3.89. The third kappa shape index (κ3) is 3.87. The summed E-state index contributed by atoms with van der Waals surface area (Å²) in [6, 6.07) is 0. The van der Waals surface area contributed by atoms with E-state index in [0.717, 1.165) is 0 Å². The van der Waals surface area contributed by atoms with Crippen LogP contribution in [0, 0.1) is 0 Å². The molecule has 0 rings (SSSR count). The second-order valence-electron chi connectivity index (χ2n) is 1.67. The van der Waals surface area contributed by atoms with Gasteiger partial charge >= 0.3 is 0 Å². The summed E-state index contributed by atoms with van der Waals surface area (Å²) in [5.41, 5.74) is 1.17. The maximum Gasteiger partial charge on any atom is 0.125 e. The van der Waals surface area contributed by atoms with Crippen molar-refractivity contribution in [2.45, 2.75) is 13.8 Å². The van der Waals surface area contributed by atoms with E-state index in [4.69, 9.17) is 5.84 Å². The van der Waals surface area contributed by atoms with Crippen molar-refractivity contribution in [3.63, 3.8) is 0 Å². The van der Waals surface area contributed by atoms with Crippen molar-refractivity contribution in [3.8, 4) is 0 Å². The number of allylic oxidation sites excluding steroid dienone is 2. The van der Waals surface area contributed by atoms with E-state index in [1.807, 2.05) is 19.9 Å². The van der Waals surface area contributed by atoms with Crippen molar-refractivity contribution >= 4 is 20.6 Å². The van der Waals surface area contributed by atoms with Crippen molar-refractivity contribution < 1.29 is 0 Å². The van der Waals surface area contributed by atoms with E-state index >= 15 is 0 Å². The molecule has 2 nitrogen and oxygen atoms in total. The fraction of sp³-hybridized carbons (Fsp3) is 0.400. The molecule has 8 heavy (non-hydrogen) atoms. The molecule has 0 aliphatic heterocycles. The van der Waals surface area contributed by atoms with Gasteiger partial charge in [-0.15, -0.1) is 0 Å². The van der Waals surface area contributed by atoms with Gasteiger partial charge in [-0.2, -0.15) is 5.10 Å². The summed E-state index contributed by atoms with van der Waals surface area (Å²) >= 11 is 3.13. The van der Waals surface area contributed by atoms with Crippen LogP contribution in [-0.2, 0) is 0 Å². The lowest BCUT2D eigenvalue weighted by Gasteiger charge is -1.85. The van der Waals surface area contributed by atoms with Crippen molar-refractivity contribution in [1.82, 2.24) is 0 Å². The van der Waals surface area contributed by atoms with Crippen LogP contribution in [0.1, 0.15) is 13.8 Å². The van der Waals surface area contributed by atoms with Gasteiger partial charge in [0.2, 0.25) is 0 Å². The number of halogens is 1. The molecule has 46 valence electrons. The molecular weight excluding hydrogens is 168 g/mol. The highest BCUT2D eigenvalue weighted by molar-refractivity contribution is 9.18. The summed E-state index contributed by atoms with van der Waals surface area (Å²) in [6.07, 6.45) is 1.85. The van der Waals surface area contributed by atoms with Crippen LogP contribution in [0.25, 0.3) is 0 Å². The van der Waals surface area contributed by atoms with Gasteiger partial charge in [0, 0.05) is 0 Å². The van der Waals surface area contributed by atoms with Gasteiger partial charge in [-0.3, -0.25) is 0 Å². The molecule has 0 fully saturated rings. The molecule has 0 aliphatic carbocycles. The Morgan fingerprint density at radius 1 is 1.62 bits per heavy atom. The van der Waals surface area contributed by atoms with Crippen LogP contribution >= 0.6 is 15.9 Å². The average molecular weight is 177 g/mol. The summed E-state index contributed by atoms with van der Waals surface area (Å²) in [6.45, 7) is 3.96. The first-order chi connectivity index (χ1) is 3.66. The molecule has 2 N–H and O–H groups in total. The first-order valence-electron chi connectivity index (χ1n) is 2.25. The molecule has 0 aromatic heterocycles. The highest BCUT2D eigenvalue weighted by atomic mass is 79.9. The monoisotopic (exact) mass is 176 g/mol.